The number of hydrogen-bond donors (Lipinski definition) is 0. The van der Waals surface area contributed by atoms with Crippen LogP contribution in [0.15, 0.2) is 53.2 Å². The molecule has 0 saturated carbocycles. The topological polar surface area (TPSA) is 0 Å². The third-order valence-electron chi connectivity index (χ3n) is 4.87. The molecule has 0 heterocycles. The first-order valence-electron chi connectivity index (χ1n) is 8.27. The van der Waals surface area contributed by atoms with Gasteiger partial charge in [0.15, 0.2) is 0 Å². The molecule has 0 bridgehead atoms. The normalized spacial score (nSPS) is 20.3. The zero-order valence-electron chi connectivity index (χ0n) is 15.0. The fourth-order valence-corrected chi connectivity index (χ4v) is 6.96. The molecule has 0 fully saturated rings. The monoisotopic (exact) mass is 428 g/mol. The molecular weight excluding hydrogens is 402 g/mol. The second-order valence-electron chi connectivity index (χ2n) is 6.32. The molecule has 126 valence electrons. The van der Waals surface area contributed by atoms with E-state index in [1.807, 2.05) is 3.28 Å². The Morgan fingerprint density at radius 3 is 2.43 bits per heavy atom. The van der Waals surface area contributed by atoms with Crippen molar-refractivity contribution in [3.63, 3.8) is 0 Å². The molecule has 0 spiro atoms. The summed E-state index contributed by atoms with van der Waals surface area (Å²) in [5, 5.41) is 0. The maximum Gasteiger partial charge on any atom is -1.00 e. The molecule has 0 aromatic carbocycles. The zero-order chi connectivity index (χ0) is 15.4. The van der Waals surface area contributed by atoms with Crippen molar-refractivity contribution in [1.29, 1.82) is 0 Å². The minimum atomic E-state index is -0.560. The van der Waals surface area contributed by atoms with Crippen LogP contribution in [0.3, 0.4) is 0 Å². The molecule has 2 rings (SSSR count). The number of hydrogen-bond acceptors (Lipinski definition) is 0. The van der Waals surface area contributed by atoms with Gasteiger partial charge in [-0.25, -0.2) is 0 Å². The minimum Gasteiger partial charge on any atom is -1.00 e. The molecule has 0 aliphatic heterocycles. The molecule has 2 aliphatic carbocycles. The Bertz CT molecular complexity index is 562. The van der Waals surface area contributed by atoms with Gasteiger partial charge in [-0.2, -0.15) is 0 Å². The van der Waals surface area contributed by atoms with Gasteiger partial charge in [-0.05, 0) is 0 Å². The zero-order valence-corrected chi connectivity index (χ0v) is 18.9. The predicted molar refractivity (Wildman–Crippen MR) is 89.7 cm³/mol. The maximum atomic E-state index is 2.48. The average Bonchev–Trinajstić information content (AvgIpc) is 2.99. The van der Waals surface area contributed by atoms with E-state index in [0.717, 1.165) is 0 Å². The fourth-order valence-electron chi connectivity index (χ4n) is 3.03. The van der Waals surface area contributed by atoms with E-state index in [1.165, 1.54) is 31.3 Å². The van der Waals surface area contributed by atoms with Crippen molar-refractivity contribution in [2.45, 2.75) is 60.3 Å². The van der Waals surface area contributed by atoms with E-state index in [-0.39, 0.29) is 24.8 Å². The van der Waals surface area contributed by atoms with Crippen LogP contribution in [0.2, 0.25) is 0 Å². The Morgan fingerprint density at radius 1 is 1.17 bits per heavy atom. The first-order valence-corrected chi connectivity index (χ1v) is 10.7. The van der Waals surface area contributed by atoms with Gasteiger partial charge in [0, 0.05) is 0 Å². The van der Waals surface area contributed by atoms with Gasteiger partial charge in [0.1, 0.15) is 0 Å². The van der Waals surface area contributed by atoms with Crippen LogP contribution in [-0.2, 0) is 23.2 Å². The number of halogens is 2. The third kappa shape index (κ3) is 5.87. The van der Waals surface area contributed by atoms with E-state index in [1.54, 1.807) is 20.0 Å². The summed E-state index contributed by atoms with van der Waals surface area (Å²) >= 11 is -0.560. The smallest absolute Gasteiger partial charge is 1.00 e. The molecule has 0 aromatic heterocycles. The largest absolute Gasteiger partial charge is 1.00 e. The van der Waals surface area contributed by atoms with Gasteiger partial charge in [0.05, 0.1) is 0 Å². The Labute approximate surface area is 166 Å². The van der Waals surface area contributed by atoms with Gasteiger partial charge >= 0.3 is 143 Å². The van der Waals surface area contributed by atoms with Gasteiger partial charge in [-0.3, -0.25) is 0 Å². The molecule has 0 saturated heterocycles. The summed E-state index contributed by atoms with van der Waals surface area (Å²) in [4.78, 5) is 0. The van der Waals surface area contributed by atoms with Crippen molar-refractivity contribution in [3.05, 3.63) is 53.2 Å². The van der Waals surface area contributed by atoms with Gasteiger partial charge in [0.2, 0.25) is 0 Å². The van der Waals surface area contributed by atoms with Crippen LogP contribution in [0.25, 0.3) is 0 Å². The average molecular weight is 431 g/mol. The quantitative estimate of drug-likeness (QED) is 0.532. The van der Waals surface area contributed by atoms with Crippen molar-refractivity contribution < 1.29 is 48.0 Å². The molecule has 0 aromatic rings. The molecule has 0 nitrogen and oxygen atoms in total. The Kier molecular flexibility index (Phi) is 11.0. The van der Waals surface area contributed by atoms with E-state index in [2.05, 4.69) is 58.9 Å². The second kappa shape index (κ2) is 10.9. The summed E-state index contributed by atoms with van der Waals surface area (Å²) in [5.41, 5.74) is 6.23. The maximum absolute atomic E-state index is 2.48. The Balaban J connectivity index is 0.00000242. The predicted octanol–water partition coefficient (Wildman–Crippen LogP) is 0.297. The van der Waals surface area contributed by atoms with E-state index >= 15 is 0 Å². The summed E-state index contributed by atoms with van der Waals surface area (Å²) in [5.74, 6) is 0.710. The van der Waals surface area contributed by atoms with Crippen LogP contribution >= 0.6 is 0 Å². The van der Waals surface area contributed by atoms with E-state index in [9.17, 15) is 0 Å². The van der Waals surface area contributed by atoms with Crippen LogP contribution < -0.4 is 24.8 Å². The van der Waals surface area contributed by atoms with Crippen molar-refractivity contribution >= 4 is 0 Å². The van der Waals surface area contributed by atoms with Gasteiger partial charge in [-0.1, -0.05) is 0 Å². The standard InChI is InChI=1S/C11H15.C9H13.2ClH.Zr/c1-2-3-4-5-8-11-9-6-7-10-11;1-6-5-7(2)9(4)8(6)3;;;/h5,8-10H,2-4,6H2,1H3;6H,1-4H3;2*1H;/q;;;;+2/p-2/b8-5+;;;;. The summed E-state index contributed by atoms with van der Waals surface area (Å²) in [6.45, 7) is 11.6. The van der Waals surface area contributed by atoms with Crippen molar-refractivity contribution in [2.24, 2.45) is 5.92 Å². The fraction of sp³-hybridized carbons (Fsp3) is 0.500. The van der Waals surface area contributed by atoms with Crippen LogP contribution in [0.4, 0.5) is 0 Å². The van der Waals surface area contributed by atoms with Crippen LogP contribution in [0.5, 0.6) is 0 Å². The van der Waals surface area contributed by atoms with Crippen LogP contribution in [0, 0.1) is 5.92 Å². The Hall–Kier alpha value is 0.163. The molecule has 0 amide bonds. The first kappa shape index (κ1) is 23.2. The molecule has 3 heteroatoms. The molecule has 0 N–H and O–H groups in total. The van der Waals surface area contributed by atoms with Gasteiger partial charge in [0.25, 0.3) is 0 Å². The molecular formula is C20H28Cl2Zr. The third-order valence-corrected chi connectivity index (χ3v) is 9.16. The Morgan fingerprint density at radius 2 is 1.87 bits per heavy atom. The van der Waals surface area contributed by atoms with Crippen molar-refractivity contribution in [2.75, 3.05) is 0 Å². The first-order chi connectivity index (χ1) is 10.0. The summed E-state index contributed by atoms with van der Waals surface area (Å²) in [7, 11) is 0. The molecule has 1 unspecified atom stereocenters. The SMILES string of the molecule is CCCC/C=C/C1=CC[C]([Zr+2][C]2=C(C)C(C)=C(C)C2C)=C1.[Cl-].[Cl-]. The van der Waals surface area contributed by atoms with E-state index < -0.39 is 23.2 Å². The van der Waals surface area contributed by atoms with Crippen molar-refractivity contribution in [1.82, 2.24) is 0 Å². The number of allylic oxidation sites excluding steroid dienone is 10. The van der Waals surface area contributed by atoms with E-state index in [0.29, 0.717) is 5.92 Å². The van der Waals surface area contributed by atoms with Gasteiger partial charge in [-0.15, -0.1) is 0 Å². The van der Waals surface area contributed by atoms with E-state index in [4.69, 9.17) is 0 Å². The van der Waals surface area contributed by atoms with Gasteiger partial charge < -0.3 is 24.8 Å². The van der Waals surface area contributed by atoms with Crippen LogP contribution in [-0.4, -0.2) is 0 Å². The molecule has 1 atom stereocenters. The van der Waals surface area contributed by atoms with Crippen LogP contribution in [0.1, 0.15) is 60.3 Å². The number of rotatable bonds is 6. The molecule has 23 heavy (non-hydrogen) atoms. The molecule has 0 radical (unpaired) electrons. The minimum absolute atomic E-state index is 0. The summed E-state index contributed by atoms with van der Waals surface area (Å²) in [6, 6.07) is 0. The number of unbranched alkanes of at least 4 members (excludes halogenated alkanes) is 2. The second-order valence-corrected chi connectivity index (χ2v) is 9.83. The molecule has 2 aliphatic rings. The summed E-state index contributed by atoms with van der Waals surface area (Å²) < 4.78 is 3.56. The summed E-state index contributed by atoms with van der Waals surface area (Å²) in [6.07, 6.45) is 14.6. The van der Waals surface area contributed by atoms with Crippen molar-refractivity contribution in [3.8, 4) is 0 Å².